The van der Waals surface area contributed by atoms with Crippen molar-refractivity contribution >= 4 is 5.78 Å². The minimum absolute atomic E-state index is 0.113. The van der Waals surface area contributed by atoms with Gasteiger partial charge in [-0.25, -0.2) is 4.39 Å². The van der Waals surface area contributed by atoms with Gasteiger partial charge in [-0.05, 0) is 50.9 Å². The van der Waals surface area contributed by atoms with E-state index < -0.39 is 5.82 Å². The van der Waals surface area contributed by atoms with Crippen LogP contribution in [0.1, 0.15) is 38.7 Å². The lowest BCUT2D eigenvalue weighted by atomic mass is 10.0. The van der Waals surface area contributed by atoms with Crippen molar-refractivity contribution in [2.24, 2.45) is 0 Å². The molecule has 3 nitrogen and oxygen atoms in total. The van der Waals surface area contributed by atoms with Crippen LogP contribution in [0.4, 0.5) is 4.39 Å². The van der Waals surface area contributed by atoms with Gasteiger partial charge in [-0.2, -0.15) is 0 Å². The number of Topliss-reactive ketones (excluding diaryl/α,β-unsaturated/α-hetero) is 1. The van der Waals surface area contributed by atoms with E-state index in [2.05, 4.69) is 11.9 Å². The topological polar surface area (TPSA) is 38.3 Å². The van der Waals surface area contributed by atoms with Crippen LogP contribution < -0.4 is 10.1 Å². The maximum atomic E-state index is 14.1. The summed E-state index contributed by atoms with van der Waals surface area (Å²) in [6, 6.07) is 4.72. The number of benzene rings is 1. The fourth-order valence-corrected chi connectivity index (χ4v) is 2.29. The predicted molar refractivity (Wildman–Crippen MR) is 106 cm³/mol. The van der Waals surface area contributed by atoms with Gasteiger partial charge in [0, 0.05) is 19.4 Å². The van der Waals surface area contributed by atoms with Gasteiger partial charge in [0.15, 0.2) is 11.6 Å². The van der Waals surface area contributed by atoms with Crippen molar-refractivity contribution in [2.75, 3.05) is 19.7 Å². The average Bonchev–Trinajstić information content (AvgIpc) is 2.58. The number of hydrogen-bond acceptors (Lipinski definition) is 3. The quantitative estimate of drug-likeness (QED) is 0.407. The number of carbonyl (C=O) groups excluding carboxylic acids is 1. The zero-order chi connectivity index (χ0) is 19.2. The molecule has 142 valence electrons. The third-order valence-corrected chi connectivity index (χ3v) is 3.66. The van der Waals surface area contributed by atoms with Crippen molar-refractivity contribution in [3.05, 3.63) is 66.0 Å². The van der Waals surface area contributed by atoms with Crippen LogP contribution in [0, 0.1) is 5.82 Å². The van der Waals surface area contributed by atoms with Gasteiger partial charge >= 0.3 is 0 Å². The van der Waals surface area contributed by atoms with E-state index in [0.29, 0.717) is 18.6 Å². The standard InChI is InChI=1S/C22H30FNO2/c1-4-5-13-24-14-6-7-15-26-22-12-11-19(17-21(22)23)16-20(25)10-8-9-18(2)3/h4,6-7,9,11-12,17,24H,1,5,8,10,13-16H2,2-3H3/b7-6+. The molecule has 0 bridgehead atoms. The van der Waals surface area contributed by atoms with Crippen molar-refractivity contribution < 1.29 is 13.9 Å². The predicted octanol–water partition coefficient (Wildman–Crippen LogP) is 4.78. The largest absolute Gasteiger partial charge is 0.486 e. The molecule has 26 heavy (non-hydrogen) atoms. The Morgan fingerprint density at radius 1 is 1.27 bits per heavy atom. The number of rotatable bonds is 13. The molecule has 0 amide bonds. The minimum Gasteiger partial charge on any atom is -0.486 e. The van der Waals surface area contributed by atoms with Gasteiger partial charge in [0.25, 0.3) is 0 Å². The molecule has 0 fully saturated rings. The van der Waals surface area contributed by atoms with Gasteiger partial charge in [-0.1, -0.05) is 35.9 Å². The van der Waals surface area contributed by atoms with Crippen LogP contribution in [0.5, 0.6) is 5.75 Å². The first kappa shape index (κ1) is 21.8. The number of carbonyl (C=O) groups is 1. The van der Waals surface area contributed by atoms with E-state index in [1.165, 1.54) is 11.6 Å². The van der Waals surface area contributed by atoms with Crippen LogP contribution in [-0.4, -0.2) is 25.5 Å². The highest BCUT2D eigenvalue weighted by molar-refractivity contribution is 5.81. The fraction of sp³-hybridized carbons (Fsp3) is 0.409. The molecule has 0 saturated carbocycles. The molecule has 4 heteroatoms. The molecule has 0 atom stereocenters. The van der Waals surface area contributed by atoms with Crippen molar-refractivity contribution in [3.63, 3.8) is 0 Å². The monoisotopic (exact) mass is 359 g/mol. The molecule has 0 spiro atoms. The Bertz CT molecular complexity index is 631. The summed E-state index contributed by atoms with van der Waals surface area (Å²) in [5.74, 6) is -0.116. The Labute approximate surface area is 156 Å². The first-order chi connectivity index (χ1) is 12.5. The molecule has 0 aliphatic heterocycles. The van der Waals surface area contributed by atoms with E-state index in [0.717, 1.165) is 25.9 Å². The van der Waals surface area contributed by atoms with Crippen LogP contribution in [0.15, 0.2) is 54.7 Å². The van der Waals surface area contributed by atoms with Gasteiger partial charge in [-0.15, -0.1) is 6.58 Å². The van der Waals surface area contributed by atoms with Crippen molar-refractivity contribution in [1.82, 2.24) is 5.32 Å². The number of ether oxygens (including phenoxy) is 1. The van der Waals surface area contributed by atoms with Crippen molar-refractivity contribution in [2.45, 2.75) is 39.5 Å². The first-order valence-corrected chi connectivity index (χ1v) is 9.05. The van der Waals surface area contributed by atoms with Crippen LogP contribution in [0.2, 0.25) is 0 Å². The molecule has 0 aliphatic carbocycles. The third-order valence-electron chi connectivity index (χ3n) is 3.66. The van der Waals surface area contributed by atoms with Crippen LogP contribution in [-0.2, 0) is 11.2 Å². The normalized spacial score (nSPS) is 10.7. The zero-order valence-corrected chi connectivity index (χ0v) is 15.9. The number of halogens is 1. The summed E-state index contributed by atoms with van der Waals surface area (Å²) in [4.78, 5) is 11.9. The van der Waals surface area contributed by atoms with E-state index >= 15 is 0 Å². The Kier molecular flexibility index (Phi) is 11.0. The van der Waals surface area contributed by atoms with Crippen molar-refractivity contribution in [1.29, 1.82) is 0 Å². The summed E-state index contributed by atoms with van der Waals surface area (Å²) >= 11 is 0. The van der Waals surface area contributed by atoms with Crippen LogP contribution in [0.25, 0.3) is 0 Å². The number of hydrogen-bond donors (Lipinski definition) is 1. The van der Waals surface area contributed by atoms with E-state index in [1.807, 2.05) is 38.2 Å². The lowest BCUT2D eigenvalue weighted by molar-refractivity contribution is -0.118. The highest BCUT2D eigenvalue weighted by Gasteiger charge is 2.08. The van der Waals surface area contributed by atoms with Gasteiger partial charge < -0.3 is 10.1 Å². The molecule has 0 saturated heterocycles. The van der Waals surface area contributed by atoms with Gasteiger partial charge in [0.1, 0.15) is 12.4 Å². The smallest absolute Gasteiger partial charge is 0.165 e. The molecular weight excluding hydrogens is 329 g/mol. The second-order valence-corrected chi connectivity index (χ2v) is 6.36. The highest BCUT2D eigenvalue weighted by Crippen LogP contribution is 2.19. The molecule has 0 heterocycles. The second-order valence-electron chi connectivity index (χ2n) is 6.36. The van der Waals surface area contributed by atoms with E-state index in [-0.39, 0.29) is 18.0 Å². The minimum atomic E-state index is -0.433. The van der Waals surface area contributed by atoms with E-state index in [9.17, 15) is 9.18 Å². The van der Waals surface area contributed by atoms with Crippen LogP contribution >= 0.6 is 0 Å². The Morgan fingerprint density at radius 2 is 2.08 bits per heavy atom. The molecule has 0 radical (unpaired) electrons. The molecule has 1 aromatic carbocycles. The number of nitrogens with one attached hydrogen (secondary N) is 1. The lowest BCUT2D eigenvalue weighted by Gasteiger charge is -2.07. The van der Waals surface area contributed by atoms with E-state index in [1.54, 1.807) is 12.1 Å². The van der Waals surface area contributed by atoms with Crippen molar-refractivity contribution in [3.8, 4) is 5.75 Å². The summed E-state index contributed by atoms with van der Waals surface area (Å²) in [5, 5.41) is 3.22. The summed E-state index contributed by atoms with van der Waals surface area (Å²) in [7, 11) is 0. The summed E-state index contributed by atoms with van der Waals surface area (Å²) in [5.41, 5.74) is 1.88. The summed E-state index contributed by atoms with van der Waals surface area (Å²) in [6.07, 6.45) is 10.1. The Morgan fingerprint density at radius 3 is 2.77 bits per heavy atom. The molecular formula is C22H30FNO2. The Hall–Kier alpha value is -2.20. The van der Waals surface area contributed by atoms with Crippen LogP contribution in [0.3, 0.4) is 0 Å². The maximum absolute atomic E-state index is 14.1. The molecule has 1 aromatic rings. The average molecular weight is 359 g/mol. The van der Waals surface area contributed by atoms with E-state index in [4.69, 9.17) is 4.74 Å². The molecule has 1 N–H and O–H groups in total. The van der Waals surface area contributed by atoms with Gasteiger partial charge in [0.05, 0.1) is 0 Å². The third kappa shape index (κ3) is 9.94. The highest BCUT2D eigenvalue weighted by atomic mass is 19.1. The number of allylic oxidation sites excluding steroid dienone is 2. The van der Waals surface area contributed by atoms with Gasteiger partial charge in [-0.3, -0.25) is 4.79 Å². The summed E-state index contributed by atoms with van der Waals surface area (Å²) < 4.78 is 19.5. The zero-order valence-electron chi connectivity index (χ0n) is 15.9. The fourth-order valence-electron chi connectivity index (χ4n) is 2.29. The maximum Gasteiger partial charge on any atom is 0.165 e. The second kappa shape index (κ2) is 13.1. The lowest BCUT2D eigenvalue weighted by Crippen LogP contribution is -2.14. The molecule has 0 aliphatic rings. The molecule has 0 aromatic heterocycles. The number of ketones is 1. The SMILES string of the molecule is C=CCCNC/C=C/COc1ccc(CC(=O)CCC=C(C)C)cc1F. The molecule has 0 unspecified atom stereocenters. The molecule has 1 rings (SSSR count). The van der Waals surface area contributed by atoms with Gasteiger partial charge in [0.2, 0.25) is 0 Å². The first-order valence-electron chi connectivity index (χ1n) is 9.05. The summed E-state index contributed by atoms with van der Waals surface area (Å²) in [6.45, 7) is 9.61. The Balaban J connectivity index is 2.37.